The lowest BCUT2D eigenvalue weighted by molar-refractivity contribution is 0.593. The van der Waals surface area contributed by atoms with Crippen molar-refractivity contribution in [1.29, 1.82) is 0 Å². The van der Waals surface area contributed by atoms with E-state index in [1.165, 1.54) is 0 Å². The average molecular weight is 233 g/mol. The standard InChI is InChI=1S/C12H19N5/c1-12(2,3)6-10(16-4)8(14)7(13)9(15)11(6)17-5/h4-5,13-15H2,1-3H3. The molecular formula is C12H19N5. The lowest BCUT2D eigenvalue weighted by atomic mass is 9.83. The summed E-state index contributed by atoms with van der Waals surface area (Å²) in [7, 11) is 0. The highest BCUT2D eigenvalue weighted by Crippen LogP contribution is 2.49. The Kier molecular flexibility index (Phi) is 3.13. The zero-order chi connectivity index (χ0) is 13.4. The van der Waals surface area contributed by atoms with E-state index in [2.05, 4.69) is 23.4 Å². The molecule has 0 aliphatic heterocycles. The molecule has 0 heterocycles. The Hall–Kier alpha value is -2.04. The first-order valence-corrected chi connectivity index (χ1v) is 5.20. The lowest BCUT2D eigenvalue weighted by Crippen LogP contribution is -2.15. The molecule has 0 saturated heterocycles. The van der Waals surface area contributed by atoms with Crippen LogP contribution in [0.25, 0.3) is 0 Å². The van der Waals surface area contributed by atoms with E-state index in [0.29, 0.717) is 22.7 Å². The van der Waals surface area contributed by atoms with E-state index in [9.17, 15) is 0 Å². The SMILES string of the molecule is C=Nc1c(N)c(N)c(N)c(N=C)c1C(C)(C)C. The highest BCUT2D eigenvalue weighted by atomic mass is 14.9. The summed E-state index contributed by atoms with van der Waals surface area (Å²) in [5, 5.41) is 0. The Morgan fingerprint density at radius 2 is 1.18 bits per heavy atom. The van der Waals surface area contributed by atoms with Gasteiger partial charge in [0.05, 0.1) is 28.4 Å². The molecule has 0 atom stereocenters. The molecule has 0 spiro atoms. The molecule has 5 nitrogen and oxygen atoms in total. The third kappa shape index (κ3) is 1.95. The molecule has 0 aliphatic carbocycles. The van der Waals surface area contributed by atoms with Crippen LogP contribution in [0.1, 0.15) is 26.3 Å². The third-order valence-corrected chi connectivity index (χ3v) is 2.63. The van der Waals surface area contributed by atoms with Gasteiger partial charge in [-0.1, -0.05) is 20.8 Å². The maximum atomic E-state index is 5.91. The van der Waals surface area contributed by atoms with Crippen molar-refractivity contribution < 1.29 is 0 Å². The second kappa shape index (κ2) is 4.08. The number of nitrogens with zero attached hydrogens (tertiary/aromatic N) is 2. The molecular weight excluding hydrogens is 214 g/mol. The maximum Gasteiger partial charge on any atom is 0.0933 e. The number of nitrogen functional groups attached to an aromatic ring is 3. The Morgan fingerprint density at radius 1 is 0.824 bits per heavy atom. The second-order valence-corrected chi connectivity index (χ2v) is 4.88. The van der Waals surface area contributed by atoms with E-state index in [1.807, 2.05) is 20.8 Å². The van der Waals surface area contributed by atoms with Crippen LogP contribution in [-0.2, 0) is 5.41 Å². The Bertz CT molecular complexity index is 448. The van der Waals surface area contributed by atoms with E-state index < -0.39 is 0 Å². The molecule has 0 radical (unpaired) electrons. The maximum absolute atomic E-state index is 5.91. The summed E-state index contributed by atoms with van der Waals surface area (Å²) in [6.07, 6.45) is 0. The summed E-state index contributed by atoms with van der Waals surface area (Å²) in [4.78, 5) is 7.90. The molecule has 1 aromatic carbocycles. The second-order valence-electron chi connectivity index (χ2n) is 4.88. The molecule has 5 heteroatoms. The van der Waals surface area contributed by atoms with Crippen molar-refractivity contribution in [1.82, 2.24) is 0 Å². The molecule has 0 fully saturated rings. The van der Waals surface area contributed by atoms with Gasteiger partial charge in [0.25, 0.3) is 0 Å². The zero-order valence-electron chi connectivity index (χ0n) is 10.5. The van der Waals surface area contributed by atoms with Gasteiger partial charge >= 0.3 is 0 Å². The van der Waals surface area contributed by atoms with Gasteiger partial charge in [-0.3, -0.25) is 9.98 Å². The molecule has 0 bridgehead atoms. The van der Waals surface area contributed by atoms with Crippen molar-refractivity contribution >= 4 is 41.9 Å². The number of hydrogen-bond acceptors (Lipinski definition) is 5. The fourth-order valence-corrected chi connectivity index (χ4v) is 1.82. The number of benzene rings is 1. The van der Waals surface area contributed by atoms with E-state index in [1.54, 1.807) is 0 Å². The van der Waals surface area contributed by atoms with Gasteiger partial charge < -0.3 is 17.2 Å². The van der Waals surface area contributed by atoms with E-state index in [0.717, 1.165) is 5.56 Å². The molecule has 0 amide bonds. The fourth-order valence-electron chi connectivity index (χ4n) is 1.82. The summed E-state index contributed by atoms with van der Waals surface area (Å²) in [5.41, 5.74) is 20.3. The minimum absolute atomic E-state index is 0.233. The fraction of sp³-hybridized carbons (Fsp3) is 0.333. The van der Waals surface area contributed by atoms with Crippen LogP contribution in [0.2, 0.25) is 0 Å². The van der Waals surface area contributed by atoms with Crippen LogP contribution in [0.5, 0.6) is 0 Å². The molecule has 0 aromatic heterocycles. The number of aliphatic imine (C=N–C) groups is 2. The normalized spacial score (nSPS) is 11.2. The van der Waals surface area contributed by atoms with Gasteiger partial charge in [-0.2, -0.15) is 0 Å². The van der Waals surface area contributed by atoms with Gasteiger partial charge in [-0.05, 0) is 18.9 Å². The van der Waals surface area contributed by atoms with Crippen LogP contribution in [0.4, 0.5) is 28.4 Å². The zero-order valence-corrected chi connectivity index (χ0v) is 10.5. The quantitative estimate of drug-likeness (QED) is 0.539. The molecule has 6 N–H and O–H groups in total. The van der Waals surface area contributed by atoms with Gasteiger partial charge in [-0.25, -0.2) is 0 Å². The number of nitrogens with two attached hydrogens (primary N) is 3. The van der Waals surface area contributed by atoms with Crippen LogP contribution in [0.15, 0.2) is 9.98 Å². The monoisotopic (exact) mass is 233 g/mol. The van der Waals surface area contributed by atoms with Crippen molar-refractivity contribution in [3.05, 3.63) is 5.56 Å². The predicted octanol–water partition coefficient (Wildman–Crippen LogP) is 2.39. The van der Waals surface area contributed by atoms with Gasteiger partial charge in [0.15, 0.2) is 0 Å². The number of anilines is 3. The molecule has 0 aliphatic rings. The summed E-state index contributed by atoms with van der Waals surface area (Å²) < 4.78 is 0. The van der Waals surface area contributed by atoms with Crippen LogP contribution >= 0.6 is 0 Å². The molecule has 0 unspecified atom stereocenters. The van der Waals surface area contributed by atoms with Gasteiger partial charge in [0, 0.05) is 5.56 Å². The van der Waals surface area contributed by atoms with Crippen LogP contribution in [0.3, 0.4) is 0 Å². The summed E-state index contributed by atoms with van der Waals surface area (Å²) in [6.45, 7) is 13.1. The Labute approximate surface area is 101 Å². The first kappa shape index (κ1) is 13.0. The molecule has 1 rings (SSSR count). The third-order valence-electron chi connectivity index (χ3n) is 2.63. The average Bonchev–Trinajstić information content (AvgIpc) is 2.24. The molecule has 92 valence electrons. The smallest absolute Gasteiger partial charge is 0.0933 e. The van der Waals surface area contributed by atoms with Crippen molar-refractivity contribution in [2.75, 3.05) is 17.2 Å². The summed E-state index contributed by atoms with van der Waals surface area (Å²) in [6, 6.07) is 0. The van der Waals surface area contributed by atoms with E-state index >= 15 is 0 Å². The molecule has 0 saturated carbocycles. The number of rotatable bonds is 2. The Morgan fingerprint density at radius 3 is 1.41 bits per heavy atom. The topological polar surface area (TPSA) is 103 Å². The van der Waals surface area contributed by atoms with Crippen LogP contribution < -0.4 is 17.2 Å². The summed E-state index contributed by atoms with van der Waals surface area (Å²) in [5.74, 6) is 0. The first-order chi connectivity index (χ1) is 7.75. The minimum atomic E-state index is -0.233. The van der Waals surface area contributed by atoms with E-state index in [4.69, 9.17) is 17.2 Å². The summed E-state index contributed by atoms with van der Waals surface area (Å²) >= 11 is 0. The van der Waals surface area contributed by atoms with Crippen LogP contribution in [-0.4, -0.2) is 13.4 Å². The van der Waals surface area contributed by atoms with Crippen molar-refractivity contribution in [3.8, 4) is 0 Å². The van der Waals surface area contributed by atoms with Crippen molar-refractivity contribution in [3.63, 3.8) is 0 Å². The number of hydrogen-bond donors (Lipinski definition) is 3. The molecule has 1 aromatic rings. The Balaban J connectivity index is 3.89. The molecule has 17 heavy (non-hydrogen) atoms. The van der Waals surface area contributed by atoms with Crippen LogP contribution in [0, 0.1) is 0 Å². The minimum Gasteiger partial charge on any atom is -0.395 e. The van der Waals surface area contributed by atoms with Gasteiger partial charge in [0.2, 0.25) is 0 Å². The lowest BCUT2D eigenvalue weighted by Gasteiger charge is -2.26. The van der Waals surface area contributed by atoms with Gasteiger partial charge in [0.1, 0.15) is 0 Å². The predicted molar refractivity (Wildman–Crippen MR) is 76.8 cm³/mol. The van der Waals surface area contributed by atoms with Crippen molar-refractivity contribution in [2.45, 2.75) is 26.2 Å². The van der Waals surface area contributed by atoms with Gasteiger partial charge in [-0.15, -0.1) is 0 Å². The van der Waals surface area contributed by atoms with Crippen molar-refractivity contribution in [2.24, 2.45) is 9.98 Å². The largest absolute Gasteiger partial charge is 0.395 e. The van der Waals surface area contributed by atoms with E-state index in [-0.39, 0.29) is 11.1 Å². The highest BCUT2D eigenvalue weighted by Gasteiger charge is 2.27. The first-order valence-electron chi connectivity index (χ1n) is 5.20. The highest BCUT2D eigenvalue weighted by molar-refractivity contribution is 5.97.